The zero-order valence-electron chi connectivity index (χ0n) is 12.9. The third-order valence-electron chi connectivity index (χ3n) is 3.05. The Morgan fingerprint density at radius 3 is 1.75 bits per heavy atom. The fraction of sp³-hybridized carbons (Fsp3) is 0.111. The van der Waals surface area contributed by atoms with Crippen molar-refractivity contribution in [1.29, 1.82) is 0 Å². The van der Waals surface area contributed by atoms with Crippen molar-refractivity contribution < 1.29 is 18.5 Å². The van der Waals surface area contributed by atoms with E-state index in [0.717, 1.165) is 11.1 Å². The lowest BCUT2D eigenvalue weighted by Gasteiger charge is -2.03. The van der Waals surface area contributed by atoms with Crippen LogP contribution in [-0.2, 0) is 22.9 Å². The maximum atomic E-state index is 5.25. The quantitative estimate of drug-likeness (QED) is 0.464. The predicted molar refractivity (Wildman–Crippen MR) is 88.6 cm³/mol. The number of hydrogen-bond donors (Lipinski definition) is 0. The van der Waals surface area contributed by atoms with Crippen LogP contribution in [0.15, 0.2) is 80.2 Å². The second-order valence-corrected chi connectivity index (χ2v) is 4.87. The number of nitrogens with zero attached hydrogens (tertiary/aromatic N) is 2. The molecule has 0 aliphatic rings. The summed E-state index contributed by atoms with van der Waals surface area (Å²) in [7, 11) is 0. The van der Waals surface area contributed by atoms with Gasteiger partial charge in [-0.05, 0) is 41.5 Å². The van der Waals surface area contributed by atoms with Crippen LogP contribution in [0.2, 0.25) is 0 Å². The third kappa shape index (κ3) is 4.88. The number of furan rings is 2. The fourth-order valence-electron chi connectivity index (χ4n) is 1.94. The zero-order chi connectivity index (χ0) is 16.5. The van der Waals surface area contributed by atoms with Crippen molar-refractivity contribution in [3.63, 3.8) is 0 Å². The van der Waals surface area contributed by atoms with E-state index in [1.165, 1.54) is 12.4 Å². The molecule has 0 saturated carbocycles. The lowest BCUT2D eigenvalue weighted by molar-refractivity contribution is 0.127. The molecular formula is C18H16N2O4. The van der Waals surface area contributed by atoms with Crippen LogP contribution in [-0.4, -0.2) is 12.4 Å². The second kappa shape index (κ2) is 8.38. The SMILES string of the molecule is C(=NOCc1cccc(CON=Cc2ccco2)c1)c1ccco1. The van der Waals surface area contributed by atoms with Crippen LogP contribution in [0.1, 0.15) is 22.6 Å². The van der Waals surface area contributed by atoms with E-state index in [-0.39, 0.29) is 0 Å². The molecule has 2 heterocycles. The molecule has 0 aliphatic heterocycles. The van der Waals surface area contributed by atoms with Gasteiger partial charge in [-0.3, -0.25) is 0 Å². The van der Waals surface area contributed by atoms with Gasteiger partial charge in [0.2, 0.25) is 0 Å². The molecule has 0 bridgehead atoms. The molecule has 2 aromatic heterocycles. The minimum absolute atomic E-state index is 0.362. The molecule has 0 saturated heterocycles. The molecule has 0 radical (unpaired) electrons. The number of rotatable bonds is 8. The van der Waals surface area contributed by atoms with Gasteiger partial charge in [-0.2, -0.15) is 0 Å². The average Bonchev–Trinajstić information content (AvgIpc) is 3.30. The first-order valence-corrected chi connectivity index (χ1v) is 7.36. The van der Waals surface area contributed by atoms with Gasteiger partial charge >= 0.3 is 0 Å². The Hall–Kier alpha value is -3.28. The summed E-state index contributed by atoms with van der Waals surface area (Å²) in [6, 6.07) is 15.0. The summed E-state index contributed by atoms with van der Waals surface area (Å²) in [5.74, 6) is 1.29. The molecule has 0 N–H and O–H groups in total. The largest absolute Gasteiger partial charge is 0.463 e. The van der Waals surface area contributed by atoms with E-state index in [2.05, 4.69) is 10.3 Å². The Bertz CT molecular complexity index is 714. The van der Waals surface area contributed by atoms with Crippen LogP contribution in [0.5, 0.6) is 0 Å². The Morgan fingerprint density at radius 2 is 1.29 bits per heavy atom. The third-order valence-corrected chi connectivity index (χ3v) is 3.05. The summed E-state index contributed by atoms with van der Waals surface area (Å²) >= 11 is 0. The topological polar surface area (TPSA) is 69.5 Å². The highest BCUT2D eigenvalue weighted by Gasteiger charge is 1.98. The first-order chi connectivity index (χ1) is 11.9. The van der Waals surface area contributed by atoms with Gasteiger partial charge in [0.05, 0.1) is 12.5 Å². The maximum Gasteiger partial charge on any atom is 0.148 e. The molecule has 0 amide bonds. The minimum Gasteiger partial charge on any atom is -0.463 e. The van der Waals surface area contributed by atoms with E-state index < -0.39 is 0 Å². The van der Waals surface area contributed by atoms with E-state index in [1.807, 2.05) is 24.3 Å². The number of oxime groups is 2. The summed E-state index contributed by atoms with van der Waals surface area (Å²) < 4.78 is 10.2. The van der Waals surface area contributed by atoms with Crippen LogP contribution in [0, 0.1) is 0 Å². The van der Waals surface area contributed by atoms with Crippen LogP contribution in [0.4, 0.5) is 0 Å². The fourth-order valence-corrected chi connectivity index (χ4v) is 1.94. The van der Waals surface area contributed by atoms with Crippen LogP contribution in [0.25, 0.3) is 0 Å². The maximum absolute atomic E-state index is 5.25. The van der Waals surface area contributed by atoms with Crippen molar-refractivity contribution in [2.24, 2.45) is 10.3 Å². The summed E-state index contributed by atoms with van der Waals surface area (Å²) in [5, 5.41) is 7.72. The molecule has 0 aliphatic carbocycles. The molecular weight excluding hydrogens is 308 g/mol. The van der Waals surface area contributed by atoms with Crippen molar-refractivity contribution >= 4 is 12.4 Å². The van der Waals surface area contributed by atoms with E-state index in [9.17, 15) is 0 Å². The predicted octanol–water partition coefficient (Wildman–Crippen LogP) is 3.97. The number of benzene rings is 1. The van der Waals surface area contributed by atoms with E-state index in [4.69, 9.17) is 18.5 Å². The van der Waals surface area contributed by atoms with Crippen LogP contribution in [0.3, 0.4) is 0 Å². The smallest absolute Gasteiger partial charge is 0.148 e. The average molecular weight is 324 g/mol. The molecule has 1 aromatic carbocycles. The zero-order valence-corrected chi connectivity index (χ0v) is 12.9. The molecule has 6 heteroatoms. The van der Waals surface area contributed by atoms with Gasteiger partial charge < -0.3 is 18.5 Å². The lowest BCUT2D eigenvalue weighted by atomic mass is 10.1. The highest BCUT2D eigenvalue weighted by Crippen LogP contribution is 2.08. The Morgan fingerprint density at radius 1 is 0.750 bits per heavy atom. The Labute approximate surface area is 139 Å². The lowest BCUT2D eigenvalue weighted by Crippen LogP contribution is -1.92. The van der Waals surface area contributed by atoms with Crippen molar-refractivity contribution in [2.45, 2.75) is 13.2 Å². The summed E-state index contributed by atoms with van der Waals surface area (Å²) in [6.07, 6.45) is 6.21. The Balaban J connectivity index is 1.45. The van der Waals surface area contributed by atoms with Gasteiger partial charge in [-0.25, -0.2) is 0 Å². The van der Waals surface area contributed by atoms with Crippen molar-refractivity contribution in [3.05, 3.63) is 83.7 Å². The van der Waals surface area contributed by atoms with Gasteiger partial charge in [-0.1, -0.05) is 28.5 Å². The standard InChI is InChI=1S/C18H16N2O4/c1-4-15(13-23-19-11-17-6-2-8-21-17)10-16(5-1)14-24-20-12-18-7-3-9-22-18/h1-12H,13-14H2. The van der Waals surface area contributed by atoms with Crippen LogP contribution >= 0.6 is 0 Å². The Kier molecular flexibility index (Phi) is 5.45. The summed E-state index contributed by atoms with van der Waals surface area (Å²) in [4.78, 5) is 10.5. The van der Waals surface area contributed by atoms with Crippen molar-refractivity contribution in [1.82, 2.24) is 0 Å². The molecule has 24 heavy (non-hydrogen) atoms. The first kappa shape index (κ1) is 15.6. The summed E-state index contributed by atoms with van der Waals surface area (Å²) in [5.41, 5.74) is 1.98. The molecule has 0 fully saturated rings. The molecule has 3 aromatic rings. The number of hydrogen-bond acceptors (Lipinski definition) is 6. The van der Waals surface area contributed by atoms with Crippen LogP contribution < -0.4 is 0 Å². The second-order valence-electron chi connectivity index (χ2n) is 4.87. The normalized spacial score (nSPS) is 11.3. The molecule has 0 atom stereocenters. The molecule has 6 nitrogen and oxygen atoms in total. The molecule has 0 spiro atoms. The highest BCUT2D eigenvalue weighted by molar-refractivity contribution is 5.75. The highest BCUT2D eigenvalue weighted by atomic mass is 16.6. The molecule has 0 unspecified atom stereocenters. The molecule has 122 valence electrons. The van der Waals surface area contributed by atoms with Gasteiger partial charge in [-0.15, -0.1) is 0 Å². The first-order valence-electron chi connectivity index (χ1n) is 7.36. The monoisotopic (exact) mass is 324 g/mol. The summed E-state index contributed by atoms with van der Waals surface area (Å²) in [6.45, 7) is 0.724. The minimum atomic E-state index is 0.362. The van der Waals surface area contributed by atoms with E-state index in [0.29, 0.717) is 24.7 Å². The molecule has 3 rings (SSSR count). The van der Waals surface area contributed by atoms with Gasteiger partial charge in [0.25, 0.3) is 0 Å². The van der Waals surface area contributed by atoms with Gasteiger partial charge in [0, 0.05) is 0 Å². The van der Waals surface area contributed by atoms with E-state index >= 15 is 0 Å². The van der Waals surface area contributed by atoms with E-state index in [1.54, 1.807) is 36.8 Å². The van der Waals surface area contributed by atoms with Gasteiger partial charge in [0.1, 0.15) is 37.2 Å². The van der Waals surface area contributed by atoms with Crippen molar-refractivity contribution in [3.8, 4) is 0 Å². The van der Waals surface area contributed by atoms with Crippen molar-refractivity contribution in [2.75, 3.05) is 0 Å². The van der Waals surface area contributed by atoms with Gasteiger partial charge in [0.15, 0.2) is 0 Å².